The van der Waals surface area contributed by atoms with Crippen LogP contribution in [0.1, 0.15) is 29.9 Å². The van der Waals surface area contributed by atoms with Crippen molar-refractivity contribution in [1.82, 2.24) is 0 Å². The van der Waals surface area contributed by atoms with E-state index in [1.807, 2.05) is 11.3 Å². The third kappa shape index (κ3) is 2.50. The minimum atomic E-state index is 0.0701. The second-order valence-corrected chi connectivity index (χ2v) is 6.65. The lowest BCUT2D eigenvalue weighted by Crippen LogP contribution is -2.26. The van der Waals surface area contributed by atoms with Crippen molar-refractivity contribution in [2.75, 3.05) is 6.54 Å². The second-order valence-electron chi connectivity index (χ2n) is 5.57. The molecule has 0 unspecified atom stereocenters. The summed E-state index contributed by atoms with van der Waals surface area (Å²) in [5.74, 6) is 0. The molecular weight excluding hydrogens is 238 g/mol. The molecule has 0 radical (unpaired) electrons. The third-order valence-corrected chi connectivity index (χ3v) is 4.93. The molecule has 0 saturated carbocycles. The summed E-state index contributed by atoms with van der Waals surface area (Å²) in [5.41, 5.74) is 9.91. The SMILES string of the molecule is Cc1ccc(C)c(-c2ccc(C(C)(C)CN)s2)c1. The Morgan fingerprint density at radius 3 is 2.50 bits per heavy atom. The maximum absolute atomic E-state index is 5.85. The van der Waals surface area contributed by atoms with E-state index < -0.39 is 0 Å². The molecule has 0 aliphatic rings. The Kier molecular flexibility index (Phi) is 3.60. The maximum Gasteiger partial charge on any atom is 0.0348 e. The fourth-order valence-corrected chi connectivity index (χ4v) is 3.15. The average Bonchev–Trinajstić information content (AvgIpc) is 2.82. The van der Waals surface area contributed by atoms with Gasteiger partial charge in [0, 0.05) is 21.7 Å². The van der Waals surface area contributed by atoms with Crippen LogP contribution in [0.15, 0.2) is 30.3 Å². The molecule has 2 rings (SSSR count). The Labute approximate surface area is 114 Å². The molecule has 0 atom stereocenters. The van der Waals surface area contributed by atoms with Gasteiger partial charge in [-0.1, -0.05) is 37.6 Å². The van der Waals surface area contributed by atoms with Gasteiger partial charge in [0.15, 0.2) is 0 Å². The average molecular weight is 259 g/mol. The van der Waals surface area contributed by atoms with Crippen LogP contribution in [0.25, 0.3) is 10.4 Å². The van der Waals surface area contributed by atoms with E-state index in [0.717, 1.165) is 0 Å². The Bertz CT molecular complexity index is 552. The molecular formula is C16H21NS. The van der Waals surface area contributed by atoms with Crippen LogP contribution in [0.3, 0.4) is 0 Å². The lowest BCUT2D eigenvalue weighted by Gasteiger charge is -2.20. The highest BCUT2D eigenvalue weighted by Crippen LogP contribution is 2.36. The van der Waals surface area contributed by atoms with Gasteiger partial charge in [-0.25, -0.2) is 0 Å². The van der Waals surface area contributed by atoms with Crippen LogP contribution in [0.4, 0.5) is 0 Å². The maximum atomic E-state index is 5.85. The minimum absolute atomic E-state index is 0.0701. The number of rotatable bonds is 3. The Balaban J connectivity index is 2.44. The summed E-state index contributed by atoms with van der Waals surface area (Å²) in [7, 11) is 0. The number of hydrogen-bond acceptors (Lipinski definition) is 2. The molecule has 96 valence electrons. The molecule has 2 aromatic rings. The molecule has 0 amide bonds. The summed E-state index contributed by atoms with van der Waals surface area (Å²) < 4.78 is 0. The topological polar surface area (TPSA) is 26.0 Å². The summed E-state index contributed by atoms with van der Waals surface area (Å²) in [5, 5.41) is 0. The largest absolute Gasteiger partial charge is 0.330 e. The van der Waals surface area contributed by atoms with E-state index in [9.17, 15) is 0 Å². The fraction of sp³-hybridized carbons (Fsp3) is 0.375. The van der Waals surface area contributed by atoms with Gasteiger partial charge in [0.05, 0.1) is 0 Å². The number of nitrogens with two attached hydrogens (primary N) is 1. The summed E-state index contributed by atoms with van der Waals surface area (Å²) in [6.45, 7) is 9.39. The van der Waals surface area contributed by atoms with Gasteiger partial charge in [-0.15, -0.1) is 11.3 Å². The van der Waals surface area contributed by atoms with Gasteiger partial charge in [-0.05, 0) is 37.1 Å². The highest BCUT2D eigenvalue weighted by molar-refractivity contribution is 7.15. The highest BCUT2D eigenvalue weighted by atomic mass is 32.1. The quantitative estimate of drug-likeness (QED) is 0.875. The van der Waals surface area contributed by atoms with E-state index in [1.165, 1.54) is 26.4 Å². The van der Waals surface area contributed by atoms with Crippen molar-refractivity contribution >= 4 is 11.3 Å². The first-order chi connectivity index (χ1) is 8.44. The second kappa shape index (κ2) is 4.87. The van der Waals surface area contributed by atoms with Gasteiger partial charge in [0.2, 0.25) is 0 Å². The molecule has 2 N–H and O–H groups in total. The number of thiophene rings is 1. The first-order valence-corrected chi connectivity index (χ1v) is 7.14. The van der Waals surface area contributed by atoms with Crippen LogP contribution < -0.4 is 5.73 Å². The molecule has 0 fully saturated rings. The van der Waals surface area contributed by atoms with E-state index >= 15 is 0 Å². The van der Waals surface area contributed by atoms with E-state index in [1.54, 1.807) is 0 Å². The van der Waals surface area contributed by atoms with E-state index in [4.69, 9.17) is 5.73 Å². The van der Waals surface area contributed by atoms with Gasteiger partial charge in [-0.2, -0.15) is 0 Å². The highest BCUT2D eigenvalue weighted by Gasteiger charge is 2.21. The predicted octanol–water partition coefficient (Wildman–Crippen LogP) is 4.27. The first kappa shape index (κ1) is 13.3. The van der Waals surface area contributed by atoms with Crippen molar-refractivity contribution in [3.8, 4) is 10.4 Å². The summed E-state index contributed by atoms with van der Waals surface area (Å²) in [4.78, 5) is 2.70. The first-order valence-electron chi connectivity index (χ1n) is 6.32. The van der Waals surface area contributed by atoms with E-state index in [2.05, 4.69) is 58.0 Å². The lowest BCUT2D eigenvalue weighted by molar-refractivity contribution is 0.550. The molecule has 1 aromatic heterocycles. The molecule has 0 aliphatic heterocycles. The number of hydrogen-bond donors (Lipinski definition) is 1. The van der Waals surface area contributed by atoms with Crippen molar-refractivity contribution in [2.45, 2.75) is 33.1 Å². The van der Waals surface area contributed by atoms with Crippen molar-refractivity contribution in [3.63, 3.8) is 0 Å². The molecule has 0 saturated heterocycles. The van der Waals surface area contributed by atoms with Gasteiger partial charge in [-0.3, -0.25) is 0 Å². The van der Waals surface area contributed by atoms with Crippen LogP contribution >= 0.6 is 11.3 Å². The monoisotopic (exact) mass is 259 g/mol. The zero-order chi connectivity index (χ0) is 13.3. The minimum Gasteiger partial charge on any atom is -0.330 e. The molecule has 18 heavy (non-hydrogen) atoms. The van der Waals surface area contributed by atoms with Crippen LogP contribution in [-0.2, 0) is 5.41 Å². The predicted molar refractivity (Wildman–Crippen MR) is 81.3 cm³/mol. The van der Waals surface area contributed by atoms with Crippen LogP contribution in [0.5, 0.6) is 0 Å². The van der Waals surface area contributed by atoms with E-state index in [-0.39, 0.29) is 5.41 Å². The van der Waals surface area contributed by atoms with Crippen molar-refractivity contribution in [1.29, 1.82) is 0 Å². The van der Waals surface area contributed by atoms with Gasteiger partial charge >= 0.3 is 0 Å². The molecule has 1 aromatic carbocycles. The molecule has 0 aliphatic carbocycles. The molecule has 1 nitrogen and oxygen atoms in total. The van der Waals surface area contributed by atoms with Crippen molar-refractivity contribution in [3.05, 3.63) is 46.3 Å². The molecule has 0 bridgehead atoms. The van der Waals surface area contributed by atoms with Crippen molar-refractivity contribution < 1.29 is 0 Å². The standard InChI is InChI=1S/C16H21NS/c1-11-5-6-12(2)13(9-11)14-7-8-15(18-14)16(3,4)10-17/h5-9H,10,17H2,1-4H3. The molecule has 0 spiro atoms. The third-order valence-electron chi connectivity index (χ3n) is 3.44. The zero-order valence-corrected chi connectivity index (χ0v) is 12.4. The number of benzene rings is 1. The smallest absolute Gasteiger partial charge is 0.0348 e. The van der Waals surface area contributed by atoms with Gasteiger partial charge in [0.1, 0.15) is 0 Å². The normalized spacial score (nSPS) is 11.8. The fourth-order valence-electron chi connectivity index (χ4n) is 1.95. The van der Waals surface area contributed by atoms with Crippen LogP contribution in [0.2, 0.25) is 0 Å². The summed E-state index contributed by atoms with van der Waals surface area (Å²) >= 11 is 1.86. The number of aryl methyl sites for hydroxylation is 2. The Morgan fingerprint density at radius 2 is 1.83 bits per heavy atom. The van der Waals surface area contributed by atoms with E-state index in [0.29, 0.717) is 6.54 Å². The summed E-state index contributed by atoms with van der Waals surface area (Å²) in [6, 6.07) is 11.1. The van der Waals surface area contributed by atoms with Gasteiger partial charge in [0.25, 0.3) is 0 Å². The molecule has 1 heterocycles. The Hall–Kier alpha value is -1.12. The molecule has 2 heteroatoms. The van der Waals surface area contributed by atoms with Gasteiger partial charge < -0.3 is 5.73 Å². The summed E-state index contributed by atoms with van der Waals surface area (Å²) in [6.07, 6.45) is 0. The van der Waals surface area contributed by atoms with Crippen LogP contribution in [0, 0.1) is 13.8 Å². The van der Waals surface area contributed by atoms with Crippen molar-refractivity contribution in [2.24, 2.45) is 5.73 Å². The Morgan fingerprint density at radius 1 is 1.11 bits per heavy atom. The zero-order valence-electron chi connectivity index (χ0n) is 11.6. The lowest BCUT2D eigenvalue weighted by atomic mass is 9.92. The van der Waals surface area contributed by atoms with Crippen LogP contribution in [-0.4, -0.2) is 6.54 Å².